The van der Waals surface area contributed by atoms with E-state index < -0.39 is 0 Å². The van der Waals surface area contributed by atoms with Crippen LogP contribution in [0.5, 0.6) is 0 Å². The van der Waals surface area contributed by atoms with Crippen LogP contribution in [0.4, 0.5) is 14.5 Å². The summed E-state index contributed by atoms with van der Waals surface area (Å²) in [6.07, 6.45) is 3.29. The molecular formula is C27H30F2N2. The van der Waals surface area contributed by atoms with Crippen LogP contribution < -0.4 is 5.32 Å². The molecule has 0 radical (unpaired) electrons. The highest BCUT2D eigenvalue weighted by molar-refractivity contribution is 5.42. The van der Waals surface area contributed by atoms with E-state index in [1.807, 2.05) is 42.5 Å². The molecule has 1 aliphatic rings. The second-order valence-electron chi connectivity index (χ2n) is 8.41. The third kappa shape index (κ3) is 5.92. The Hall–Kier alpha value is -2.72. The number of likely N-dealkylation sites (tertiary alicyclic amines) is 1. The Labute approximate surface area is 183 Å². The summed E-state index contributed by atoms with van der Waals surface area (Å²) in [6.45, 7) is 4.19. The van der Waals surface area contributed by atoms with Gasteiger partial charge >= 0.3 is 0 Å². The third-order valence-corrected chi connectivity index (χ3v) is 6.32. The molecule has 0 atom stereocenters. The van der Waals surface area contributed by atoms with Gasteiger partial charge in [0, 0.05) is 18.2 Å². The number of anilines is 1. The van der Waals surface area contributed by atoms with Crippen LogP contribution in [0.15, 0.2) is 78.9 Å². The maximum absolute atomic E-state index is 13.5. The predicted octanol–water partition coefficient (Wildman–Crippen LogP) is 6.31. The van der Waals surface area contributed by atoms with Gasteiger partial charge in [-0.3, -0.25) is 0 Å². The molecule has 0 aromatic heterocycles. The SMILES string of the molecule is Fc1ccc(C(c2ccc(F)cc2)C2CCN(CCCNc3ccccc3)CC2)cc1. The molecule has 3 aromatic carbocycles. The van der Waals surface area contributed by atoms with Gasteiger partial charge in [-0.15, -0.1) is 0 Å². The maximum Gasteiger partial charge on any atom is 0.123 e. The number of para-hydroxylation sites is 1. The molecule has 0 bridgehead atoms. The number of rotatable bonds is 8. The maximum atomic E-state index is 13.5. The van der Waals surface area contributed by atoms with Gasteiger partial charge in [-0.25, -0.2) is 8.78 Å². The van der Waals surface area contributed by atoms with Gasteiger partial charge in [-0.2, -0.15) is 0 Å². The van der Waals surface area contributed by atoms with Crippen molar-refractivity contribution in [2.45, 2.75) is 25.2 Å². The number of halogens is 2. The molecule has 1 aliphatic heterocycles. The van der Waals surface area contributed by atoms with Crippen molar-refractivity contribution < 1.29 is 8.78 Å². The van der Waals surface area contributed by atoms with Gasteiger partial charge in [0.15, 0.2) is 0 Å². The molecule has 4 rings (SSSR count). The van der Waals surface area contributed by atoms with Gasteiger partial charge in [0.25, 0.3) is 0 Å². The minimum Gasteiger partial charge on any atom is -0.385 e. The molecule has 3 aromatic rings. The number of nitrogens with zero attached hydrogens (tertiary/aromatic N) is 1. The zero-order valence-corrected chi connectivity index (χ0v) is 17.8. The molecule has 1 fully saturated rings. The molecule has 1 heterocycles. The number of hydrogen-bond donors (Lipinski definition) is 1. The third-order valence-electron chi connectivity index (χ3n) is 6.32. The normalized spacial score (nSPS) is 15.3. The summed E-state index contributed by atoms with van der Waals surface area (Å²) in [5.74, 6) is 0.193. The number of nitrogens with one attached hydrogen (secondary N) is 1. The molecule has 0 spiro atoms. The van der Waals surface area contributed by atoms with Crippen LogP contribution in [-0.2, 0) is 0 Å². The Kier molecular flexibility index (Phi) is 7.31. The second kappa shape index (κ2) is 10.5. The van der Waals surface area contributed by atoms with Gasteiger partial charge in [0.05, 0.1) is 0 Å². The second-order valence-corrected chi connectivity index (χ2v) is 8.41. The highest BCUT2D eigenvalue weighted by Crippen LogP contribution is 2.38. The largest absolute Gasteiger partial charge is 0.385 e. The van der Waals surface area contributed by atoms with Gasteiger partial charge in [-0.1, -0.05) is 42.5 Å². The predicted molar refractivity (Wildman–Crippen MR) is 123 cm³/mol. The van der Waals surface area contributed by atoms with E-state index in [1.54, 1.807) is 0 Å². The average molecular weight is 421 g/mol. The van der Waals surface area contributed by atoms with Crippen LogP contribution in [-0.4, -0.2) is 31.1 Å². The summed E-state index contributed by atoms with van der Waals surface area (Å²) in [6, 6.07) is 23.9. The van der Waals surface area contributed by atoms with Crippen molar-refractivity contribution in [1.29, 1.82) is 0 Å². The fraction of sp³-hybridized carbons (Fsp3) is 0.333. The summed E-state index contributed by atoms with van der Waals surface area (Å²) in [5, 5.41) is 3.48. The lowest BCUT2D eigenvalue weighted by Gasteiger charge is -2.36. The average Bonchev–Trinajstić information content (AvgIpc) is 2.81. The first kappa shape index (κ1) is 21.5. The Morgan fingerprint density at radius 1 is 0.774 bits per heavy atom. The summed E-state index contributed by atoms with van der Waals surface area (Å²) >= 11 is 0. The van der Waals surface area contributed by atoms with Crippen molar-refractivity contribution in [3.63, 3.8) is 0 Å². The molecule has 1 N–H and O–H groups in total. The molecule has 0 unspecified atom stereocenters. The molecule has 2 nitrogen and oxygen atoms in total. The van der Waals surface area contributed by atoms with Crippen molar-refractivity contribution in [3.8, 4) is 0 Å². The van der Waals surface area contributed by atoms with Crippen molar-refractivity contribution in [3.05, 3.63) is 102 Å². The Bertz CT molecular complexity index is 872. The molecule has 0 amide bonds. The van der Waals surface area contributed by atoms with E-state index >= 15 is 0 Å². The summed E-state index contributed by atoms with van der Waals surface area (Å²) < 4.78 is 27.0. The van der Waals surface area contributed by atoms with E-state index in [0.29, 0.717) is 5.92 Å². The number of hydrogen-bond acceptors (Lipinski definition) is 2. The van der Waals surface area contributed by atoms with Gasteiger partial charge in [0.2, 0.25) is 0 Å². The molecule has 0 aliphatic carbocycles. The van der Waals surface area contributed by atoms with Crippen molar-refractivity contribution in [2.24, 2.45) is 5.92 Å². The van der Waals surface area contributed by atoms with Crippen LogP contribution in [0.3, 0.4) is 0 Å². The van der Waals surface area contributed by atoms with Crippen LogP contribution >= 0.6 is 0 Å². The topological polar surface area (TPSA) is 15.3 Å². The molecule has 0 saturated carbocycles. The number of piperidine rings is 1. The first-order valence-electron chi connectivity index (χ1n) is 11.2. The molecule has 1 saturated heterocycles. The van der Waals surface area contributed by atoms with Gasteiger partial charge in [-0.05, 0) is 92.3 Å². The van der Waals surface area contributed by atoms with E-state index in [4.69, 9.17) is 0 Å². The minimum atomic E-state index is -0.222. The summed E-state index contributed by atoms with van der Waals surface area (Å²) in [5.41, 5.74) is 3.39. The van der Waals surface area contributed by atoms with Crippen LogP contribution in [0, 0.1) is 17.6 Å². The van der Waals surface area contributed by atoms with E-state index in [0.717, 1.165) is 56.6 Å². The lowest BCUT2D eigenvalue weighted by atomic mass is 9.76. The van der Waals surface area contributed by atoms with Crippen molar-refractivity contribution >= 4 is 5.69 Å². The van der Waals surface area contributed by atoms with E-state index in [2.05, 4.69) is 22.3 Å². The fourth-order valence-corrected chi connectivity index (χ4v) is 4.68. The smallest absolute Gasteiger partial charge is 0.123 e. The number of benzene rings is 3. The molecule has 162 valence electrons. The quantitative estimate of drug-likeness (QED) is 0.430. The Balaban J connectivity index is 1.34. The standard InChI is InChI=1S/C27H30F2N2/c28-24-11-7-21(8-12-24)27(22-9-13-25(29)14-10-22)23-15-19-31(20-16-23)18-4-17-30-26-5-2-1-3-6-26/h1-3,5-14,23,27,30H,4,15-20H2. The molecular weight excluding hydrogens is 390 g/mol. The zero-order valence-electron chi connectivity index (χ0n) is 17.8. The highest BCUT2D eigenvalue weighted by atomic mass is 19.1. The van der Waals surface area contributed by atoms with Crippen LogP contribution in [0.1, 0.15) is 36.3 Å². The fourth-order valence-electron chi connectivity index (χ4n) is 4.68. The van der Waals surface area contributed by atoms with Crippen molar-refractivity contribution in [1.82, 2.24) is 4.90 Å². The monoisotopic (exact) mass is 420 g/mol. The minimum absolute atomic E-state index is 0.170. The van der Waals surface area contributed by atoms with Gasteiger partial charge < -0.3 is 10.2 Å². The molecule has 31 heavy (non-hydrogen) atoms. The molecule has 4 heteroatoms. The summed E-state index contributed by atoms with van der Waals surface area (Å²) in [7, 11) is 0. The van der Waals surface area contributed by atoms with E-state index in [9.17, 15) is 8.78 Å². The van der Waals surface area contributed by atoms with E-state index in [-0.39, 0.29) is 17.6 Å². The Morgan fingerprint density at radius 3 is 1.87 bits per heavy atom. The highest BCUT2D eigenvalue weighted by Gasteiger charge is 2.28. The Morgan fingerprint density at radius 2 is 1.32 bits per heavy atom. The van der Waals surface area contributed by atoms with E-state index in [1.165, 1.54) is 30.0 Å². The lowest BCUT2D eigenvalue weighted by molar-refractivity contribution is 0.175. The zero-order chi connectivity index (χ0) is 21.5. The van der Waals surface area contributed by atoms with Crippen molar-refractivity contribution in [2.75, 3.05) is 31.5 Å². The lowest BCUT2D eigenvalue weighted by Crippen LogP contribution is -2.37. The van der Waals surface area contributed by atoms with Crippen LogP contribution in [0.2, 0.25) is 0 Å². The summed E-state index contributed by atoms with van der Waals surface area (Å²) in [4.78, 5) is 2.54. The van der Waals surface area contributed by atoms with Crippen LogP contribution in [0.25, 0.3) is 0 Å². The van der Waals surface area contributed by atoms with Gasteiger partial charge in [0.1, 0.15) is 11.6 Å². The first-order chi connectivity index (χ1) is 15.2. The first-order valence-corrected chi connectivity index (χ1v) is 11.2.